The molecule has 0 radical (unpaired) electrons. The first kappa shape index (κ1) is 16.3. The van der Waals surface area contributed by atoms with Crippen molar-refractivity contribution in [2.75, 3.05) is 13.7 Å². The molecule has 1 rings (SSSR count). The minimum absolute atomic E-state index is 0.0749. The van der Waals surface area contributed by atoms with Gasteiger partial charge in [0.15, 0.2) is 6.61 Å². The lowest BCUT2D eigenvalue weighted by Gasteiger charge is -2.15. The third-order valence-electron chi connectivity index (χ3n) is 2.44. The zero-order chi connectivity index (χ0) is 14.1. The van der Waals surface area contributed by atoms with Gasteiger partial charge in [0.1, 0.15) is 17.6 Å². The number of hydrogen-bond donors (Lipinski definition) is 0. The number of methoxy groups -OCH3 is 1. The number of nitrogens with zero attached hydrogens (tertiary/aromatic N) is 1. The first-order valence-corrected chi connectivity index (χ1v) is 6.28. The Hall–Kier alpha value is -1.69. The number of rotatable bonds is 4. The van der Waals surface area contributed by atoms with E-state index in [4.69, 9.17) is 14.7 Å². The lowest BCUT2D eigenvalue weighted by atomic mass is 10.00. The summed E-state index contributed by atoms with van der Waals surface area (Å²) in [6.45, 7) is 10.2. The van der Waals surface area contributed by atoms with E-state index >= 15 is 0 Å². The van der Waals surface area contributed by atoms with E-state index in [1.807, 2.05) is 39.0 Å². The summed E-state index contributed by atoms with van der Waals surface area (Å²) in [5, 5.41) is 8.53. The lowest BCUT2D eigenvalue weighted by Crippen LogP contribution is -2.01. The summed E-state index contributed by atoms with van der Waals surface area (Å²) in [7, 11) is 1.66. The molecule has 0 unspecified atom stereocenters. The van der Waals surface area contributed by atoms with E-state index in [2.05, 4.69) is 13.8 Å². The largest absolute Gasteiger partial charge is 0.496 e. The fraction of sp³-hybridized carbons (Fsp3) is 0.533. The van der Waals surface area contributed by atoms with Gasteiger partial charge >= 0.3 is 0 Å². The van der Waals surface area contributed by atoms with Crippen LogP contribution in [0.3, 0.4) is 0 Å². The minimum Gasteiger partial charge on any atom is -0.496 e. The lowest BCUT2D eigenvalue weighted by molar-refractivity contribution is 0.359. The van der Waals surface area contributed by atoms with Crippen molar-refractivity contribution in [2.24, 2.45) is 0 Å². The summed E-state index contributed by atoms with van der Waals surface area (Å²) in [6.07, 6.45) is 0. The molecular formula is C15H23NO2. The van der Waals surface area contributed by atoms with Gasteiger partial charge in [-0.1, -0.05) is 27.7 Å². The van der Waals surface area contributed by atoms with Crippen LogP contribution in [0.25, 0.3) is 0 Å². The number of aryl methyl sites for hydroxylation is 1. The molecule has 0 N–H and O–H groups in total. The van der Waals surface area contributed by atoms with Gasteiger partial charge in [0.05, 0.1) is 7.11 Å². The van der Waals surface area contributed by atoms with Crippen LogP contribution in [0.5, 0.6) is 11.5 Å². The molecule has 0 amide bonds. The molecule has 3 heteroatoms. The van der Waals surface area contributed by atoms with Gasteiger partial charge in [-0.15, -0.1) is 0 Å². The van der Waals surface area contributed by atoms with Crippen molar-refractivity contribution in [2.45, 2.75) is 40.5 Å². The fourth-order valence-electron chi connectivity index (χ4n) is 1.58. The average molecular weight is 249 g/mol. The summed E-state index contributed by atoms with van der Waals surface area (Å²) in [5.74, 6) is 1.96. The van der Waals surface area contributed by atoms with E-state index in [-0.39, 0.29) is 6.61 Å². The highest BCUT2D eigenvalue weighted by molar-refractivity contribution is 5.47. The van der Waals surface area contributed by atoms with Crippen LogP contribution in [0.1, 0.15) is 44.7 Å². The van der Waals surface area contributed by atoms with Gasteiger partial charge in [-0.05, 0) is 30.5 Å². The molecule has 0 spiro atoms. The van der Waals surface area contributed by atoms with Crippen LogP contribution in [-0.2, 0) is 0 Å². The Balaban J connectivity index is 0.00000137. The zero-order valence-electron chi connectivity index (χ0n) is 12.2. The molecule has 0 saturated carbocycles. The van der Waals surface area contributed by atoms with E-state index in [1.54, 1.807) is 7.11 Å². The van der Waals surface area contributed by atoms with Crippen molar-refractivity contribution < 1.29 is 9.47 Å². The highest BCUT2D eigenvalue weighted by atomic mass is 16.5. The molecule has 0 bridgehead atoms. The predicted octanol–water partition coefficient (Wildman–Crippen LogP) is 4.06. The average Bonchev–Trinajstić information content (AvgIpc) is 2.38. The van der Waals surface area contributed by atoms with Crippen LogP contribution in [0.15, 0.2) is 12.1 Å². The molecule has 18 heavy (non-hydrogen) atoms. The van der Waals surface area contributed by atoms with Gasteiger partial charge in [0, 0.05) is 5.56 Å². The first-order chi connectivity index (χ1) is 8.60. The van der Waals surface area contributed by atoms with Crippen LogP contribution >= 0.6 is 0 Å². The highest BCUT2D eigenvalue weighted by Crippen LogP contribution is 2.33. The smallest absolute Gasteiger partial charge is 0.174 e. The zero-order valence-corrected chi connectivity index (χ0v) is 12.2. The molecule has 0 aliphatic rings. The Labute approximate surface area is 110 Å². The Morgan fingerprint density at radius 2 is 1.83 bits per heavy atom. The predicted molar refractivity (Wildman–Crippen MR) is 74.3 cm³/mol. The van der Waals surface area contributed by atoms with Crippen molar-refractivity contribution >= 4 is 0 Å². The van der Waals surface area contributed by atoms with Gasteiger partial charge in [-0.25, -0.2) is 0 Å². The second-order valence-corrected chi connectivity index (χ2v) is 3.96. The summed E-state index contributed by atoms with van der Waals surface area (Å²) in [4.78, 5) is 0. The standard InChI is InChI=1S/C13H17NO2.C2H6/c1-9(2)11-8-12(15-4)10(3)7-13(11)16-6-5-14;1-2/h7-9H,6H2,1-4H3;1-2H3. The maximum atomic E-state index is 8.53. The van der Waals surface area contributed by atoms with Gasteiger partial charge in [-0.2, -0.15) is 5.26 Å². The number of nitriles is 1. The van der Waals surface area contributed by atoms with Crippen LogP contribution < -0.4 is 9.47 Å². The van der Waals surface area contributed by atoms with E-state index in [9.17, 15) is 0 Å². The SMILES string of the molecule is CC.COc1cc(C(C)C)c(OCC#N)cc1C. The summed E-state index contributed by atoms with van der Waals surface area (Å²) in [5.41, 5.74) is 2.08. The summed E-state index contributed by atoms with van der Waals surface area (Å²) < 4.78 is 10.7. The van der Waals surface area contributed by atoms with Crippen molar-refractivity contribution in [3.63, 3.8) is 0 Å². The molecule has 0 atom stereocenters. The summed E-state index contributed by atoms with van der Waals surface area (Å²) >= 11 is 0. The first-order valence-electron chi connectivity index (χ1n) is 6.28. The Morgan fingerprint density at radius 1 is 1.22 bits per heavy atom. The van der Waals surface area contributed by atoms with Crippen molar-refractivity contribution in [1.82, 2.24) is 0 Å². The molecule has 0 aliphatic carbocycles. The molecule has 1 aromatic carbocycles. The van der Waals surface area contributed by atoms with Gasteiger partial charge in [0.2, 0.25) is 0 Å². The second kappa shape index (κ2) is 8.41. The van der Waals surface area contributed by atoms with Crippen molar-refractivity contribution in [1.29, 1.82) is 5.26 Å². The molecule has 1 aromatic rings. The minimum atomic E-state index is 0.0749. The molecule has 100 valence electrons. The normalized spacial score (nSPS) is 9.22. The van der Waals surface area contributed by atoms with Crippen LogP contribution in [0, 0.1) is 18.3 Å². The number of benzene rings is 1. The monoisotopic (exact) mass is 249 g/mol. The van der Waals surface area contributed by atoms with E-state index in [0.29, 0.717) is 5.92 Å². The second-order valence-electron chi connectivity index (χ2n) is 3.96. The maximum absolute atomic E-state index is 8.53. The third-order valence-corrected chi connectivity index (χ3v) is 2.44. The Bertz CT molecular complexity index is 406. The van der Waals surface area contributed by atoms with E-state index in [0.717, 1.165) is 22.6 Å². The van der Waals surface area contributed by atoms with E-state index in [1.165, 1.54) is 0 Å². The quantitative estimate of drug-likeness (QED) is 0.808. The molecule has 3 nitrogen and oxygen atoms in total. The fourth-order valence-corrected chi connectivity index (χ4v) is 1.58. The van der Waals surface area contributed by atoms with Crippen LogP contribution in [0.4, 0.5) is 0 Å². The Morgan fingerprint density at radius 3 is 2.28 bits per heavy atom. The van der Waals surface area contributed by atoms with Crippen molar-refractivity contribution in [3.8, 4) is 17.6 Å². The molecule has 0 aliphatic heterocycles. The van der Waals surface area contributed by atoms with Crippen LogP contribution in [-0.4, -0.2) is 13.7 Å². The number of ether oxygens (including phenoxy) is 2. The molecule has 0 aromatic heterocycles. The van der Waals surface area contributed by atoms with Gasteiger partial charge in [-0.3, -0.25) is 0 Å². The third kappa shape index (κ3) is 4.29. The molecule has 0 heterocycles. The Kier molecular flexibility index (Phi) is 7.62. The highest BCUT2D eigenvalue weighted by Gasteiger charge is 2.12. The summed E-state index contributed by atoms with van der Waals surface area (Å²) in [6, 6.07) is 5.88. The molecule has 0 fully saturated rings. The molecular weight excluding hydrogens is 226 g/mol. The molecule has 0 saturated heterocycles. The van der Waals surface area contributed by atoms with Crippen LogP contribution in [0.2, 0.25) is 0 Å². The maximum Gasteiger partial charge on any atom is 0.174 e. The number of hydrogen-bond acceptors (Lipinski definition) is 3. The van der Waals surface area contributed by atoms with Gasteiger partial charge < -0.3 is 9.47 Å². The topological polar surface area (TPSA) is 42.2 Å². The van der Waals surface area contributed by atoms with E-state index < -0.39 is 0 Å². The van der Waals surface area contributed by atoms with Gasteiger partial charge in [0.25, 0.3) is 0 Å². The van der Waals surface area contributed by atoms with Crippen molar-refractivity contribution in [3.05, 3.63) is 23.3 Å².